The number of nitrogens with zero attached hydrogens (tertiary/aromatic N) is 4. The lowest BCUT2D eigenvalue weighted by Gasteiger charge is -2.19. The Morgan fingerprint density at radius 1 is 1.19 bits per heavy atom. The second-order valence-electron chi connectivity index (χ2n) is 9.77. The Morgan fingerprint density at radius 2 is 2.03 bits per heavy atom. The van der Waals surface area contributed by atoms with Gasteiger partial charge in [0.1, 0.15) is 0 Å². The van der Waals surface area contributed by atoms with E-state index in [9.17, 15) is 4.79 Å². The molecule has 3 aromatic rings. The van der Waals surface area contributed by atoms with Crippen LogP contribution in [0.5, 0.6) is 0 Å². The molecule has 0 aliphatic heterocycles. The Balaban J connectivity index is 1.56. The summed E-state index contributed by atoms with van der Waals surface area (Å²) < 4.78 is 5.63. The van der Waals surface area contributed by atoms with Crippen LogP contribution in [0, 0.1) is 5.41 Å². The van der Waals surface area contributed by atoms with E-state index < -0.39 is 0 Å². The predicted molar refractivity (Wildman–Crippen MR) is 138 cm³/mol. The molecule has 1 amide bonds. The van der Waals surface area contributed by atoms with Crippen LogP contribution in [-0.4, -0.2) is 39.3 Å². The number of aryl methyl sites for hydroxylation is 1. The standard InChI is InChI=1S/C26H32N8O2/c1-26(2,3)24-34-33-23(36-24)22(35)31-21-8-6-5-7-16-13-17(9-10-19(16)21)20-11-12-29-25(32-20)30-18(14-27)15-28-4/h9-15,21,27-28H,5-8H2,1-4H3,(H,31,35)(H,29,30,32)/b18-15+,27-14?. The van der Waals surface area contributed by atoms with Gasteiger partial charge in [0.25, 0.3) is 0 Å². The quantitative estimate of drug-likeness (QED) is 0.287. The molecule has 4 rings (SSSR count). The number of amides is 1. The largest absolute Gasteiger partial charge is 0.416 e. The molecule has 1 aromatic carbocycles. The molecule has 0 fully saturated rings. The Labute approximate surface area is 210 Å². The molecule has 2 aromatic heterocycles. The molecule has 0 bridgehead atoms. The Bertz CT molecular complexity index is 1270. The lowest BCUT2D eigenvalue weighted by atomic mass is 9.95. The first kappa shape index (κ1) is 25.0. The molecule has 0 radical (unpaired) electrons. The van der Waals surface area contributed by atoms with Crippen molar-refractivity contribution in [2.45, 2.75) is 57.9 Å². The number of anilines is 1. The van der Waals surface area contributed by atoms with E-state index in [1.165, 1.54) is 11.8 Å². The summed E-state index contributed by atoms with van der Waals surface area (Å²) >= 11 is 0. The van der Waals surface area contributed by atoms with E-state index in [-0.39, 0.29) is 23.3 Å². The zero-order valence-electron chi connectivity index (χ0n) is 21.1. The van der Waals surface area contributed by atoms with Gasteiger partial charge in [-0.05, 0) is 42.5 Å². The molecule has 10 heteroatoms. The molecule has 36 heavy (non-hydrogen) atoms. The minimum Gasteiger partial charge on any atom is -0.416 e. The van der Waals surface area contributed by atoms with Gasteiger partial charge >= 0.3 is 11.8 Å². The average Bonchev–Trinajstić information content (AvgIpc) is 3.29. The third kappa shape index (κ3) is 5.76. The topological polar surface area (TPSA) is 142 Å². The summed E-state index contributed by atoms with van der Waals surface area (Å²) in [6.45, 7) is 5.89. The van der Waals surface area contributed by atoms with Crippen LogP contribution >= 0.6 is 0 Å². The molecule has 4 N–H and O–H groups in total. The maximum Gasteiger partial charge on any atom is 0.309 e. The normalized spacial score (nSPS) is 16.0. The molecular weight excluding hydrogens is 456 g/mol. The van der Waals surface area contributed by atoms with Gasteiger partial charge in [-0.3, -0.25) is 4.79 Å². The third-order valence-electron chi connectivity index (χ3n) is 5.94. The van der Waals surface area contributed by atoms with Crippen LogP contribution in [0.2, 0.25) is 0 Å². The molecule has 10 nitrogen and oxygen atoms in total. The Kier molecular flexibility index (Phi) is 7.42. The molecule has 1 aliphatic carbocycles. The molecule has 1 unspecified atom stereocenters. The number of carbonyl (C=O) groups excluding carboxylic acids is 1. The summed E-state index contributed by atoms with van der Waals surface area (Å²) in [5.41, 5.74) is 4.24. The molecule has 1 atom stereocenters. The van der Waals surface area contributed by atoms with E-state index in [1.54, 1.807) is 19.4 Å². The number of fused-ring (bicyclic) bond motifs is 1. The van der Waals surface area contributed by atoms with Crippen molar-refractivity contribution in [2.75, 3.05) is 12.4 Å². The summed E-state index contributed by atoms with van der Waals surface area (Å²) in [6.07, 6.45) is 8.34. The van der Waals surface area contributed by atoms with Crippen LogP contribution in [-0.2, 0) is 11.8 Å². The van der Waals surface area contributed by atoms with E-state index in [0.29, 0.717) is 17.5 Å². The van der Waals surface area contributed by atoms with Crippen molar-refractivity contribution in [1.82, 2.24) is 30.8 Å². The average molecular weight is 489 g/mol. The van der Waals surface area contributed by atoms with E-state index in [4.69, 9.17) is 9.83 Å². The first-order valence-electron chi connectivity index (χ1n) is 12.0. The van der Waals surface area contributed by atoms with Crippen LogP contribution in [0.25, 0.3) is 11.3 Å². The highest BCUT2D eigenvalue weighted by Gasteiger charge is 2.27. The van der Waals surface area contributed by atoms with Crippen LogP contribution in [0.3, 0.4) is 0 Å². The van der Waals surface area contributed by atoms with E-state index in [2.05, 4.69) is 48.2 Å². The second kappa shape index (κ2) is 10.7. The first-order chi connectivity index (χ1) is 17.3. The highest BCUT2D eigenvalue weighted by atomic mass is 16.4. The smallest absolute Gasteiger partial charge is 0.309 e. The number of aromatic nitrogens is 4. The monoisotopic (exact) mass is 488 g/mol. The molecule has 188 valence electrons. The van der Waals surface area contributed by atoms with Crippen LogP contribution in [0.15, 0.2) is 46.8 Å². The summed E-state index contributed by atoms with van der Waals surface area (Å²) in [4.78, 5) is 21.8. The number of hydrogen-bond donors (Lipinski definition) is 4. The Morgan fingerprint density at radius 3 is 2.75 bits per heavy atom. The van der Waals surface area contributed by atoms with Crippen molar-refractivity contribution in [3.8, 4) is 11.3 Å². The zero-order chi connectivity index (χ0) is 25.7. The fourth-order valence-corrected chi connectivity index (χ4v) is 4.11. The van der Waals surface area contributed by atoms with Crippen molar-refractivity contribution in [3.63, 3.8) is 0 Å². The number of allylic oxidation sites excluding steroid dienone is 1. The molecule has 1 aliphatic rings. The molecule has 2 heterocycles. The summed E-state index contributed by atoms with van der Waals surface area (Å²) in [6, 6.07) is 7.93. The van der Waals surface area contributed by atoms with Gasteiger partial charge in [-0.25, -0.2) is 9.97 Å². The molecule has 0 spiro atoms. The highest BCUT2D eigenvalue weighted by Crippen LogP contribution is 2.32. The van der Waals surface area contributed by atoms with Crippen LogP contribution < -0.4 is 16.0 Å². The van der Waals surface area contributed by atoms with E-state index >= 15 is 0 Å². The van der Waals surface area contributed by atoms with Crippen molar-refractivity contribution in [1.29, 1.82) is 5.41 Å². The van der Waals surface area contributed by atoms with Crippen LogP contribution in [0.1, 0.15) is 73.8 Å². The molecular formula is C26H32N8O2. The molecule has 0 saturated carbocycles. The zero-order valence-corrected chi connectivity index (χ0v) is 21.1. The second-order valence-corrected chi connectivity index (χ2v) is 9.77. The minimum absolute atomic E-state index is 0.0139. The minimum atomic E-state index is -0.358. The maximum absolute atomic E-state index is 12.9. The maximum atomic E-state index is 12.9. The van der Waals surface area contributed by atoms with Gasteiger partial charge in [0.05, 0.1) is 17.4 Å². The van der Waals surface area contributed by atoms with E-state index in [1.807, 2.05) is 32.9 Å². The van der Waals surface area contributed by atoms with E-state index in [0.717, 1.165) is 42.5 Å². The lowest BCUT2D eigenvalue weighted by Crippen LogP contribution is -2.29. The number of carbonyl (C=O) groups is 1. The van der Waals surface area contributed by atoms with Crippen molar-refractivity contribution in [2.24, 2.45) is 0 Å². The van der Waals surface area contributed by atoms with Crippen molar-refractivity contribution < 1.29 is 9.21 Å². The van der Waals surface area contributed by atoms with Gasteiger partial charge < -0.3 is 25.8 Å². The van der Waals surface area contributed by atoms with Crippen molar-refractivity contribution in [3.05, 3.63) is 65.3 Å². The number of benzene rings is 1. The van der Waals surface area contributed by atoms with Crippen LogP contribution in [0.4, 0.5) is 5.95 Å². The fourth-order valence-electron chi connectivity index (χ4n) is 4.11. The highest BCUT2D eigenvalue weighted by molar-refractivity contribution is 5.89. The summed E-state index contributed by atoms with van der Waals surface area (Å²) in [5, 5.41) is 24.5. The lowest BCUT2D eigenvalue weighted by molar-refractivity contribution is 0.0896. The fraction of sp³-hybridized carbons (Fsp3) is 0.385. The van der Waals surface area contributed by atoms with Gasteiger partial charge in [-0.15, -0.1) is 10.2 Å². The first-order valence-corrected chi connectivity index (χ1v) is 12.0. The van der Waals surface area contributed by atoms with Gasteiger partial charge in [0.2, 0.25) is 11.8 Å². The number of rotatable bonds is 7. The van der Waals surface area contributed by atoms with Gasteiger partial charge in [-0.1, -0.05) is 39.3 Å². The summed E-state index contributed by atoms with van der Waals surface area (Å²) in [7, 11) is 1.76. The molecule has 0 saturated heterocycles. The number of nitrogens with one attached hydrogen (secondary N) is 4. The van der Waals surface area contributed by atoms with Gasteiger partial charge in [-0.2, -0.15) is 0 Å². The van der Waals surface area contributed by atoms with Crippen molar-refractivity contribution >= 4 is 18.1 Å². The van der Waals surface area contributed by atoms with Gasteiger partial charge in [0, 0.05) is 36.6 Å². The number of hydrogen-bond acceptors (Lipinski definition) is 9. The predicted octanol–water partition coefficient (Wildman–Crippen LogP) is 4.14. The Hall–Kier alpha value is -4.08. The van der Waals surface area contributed by atoms with Gasteiger partial charge in [0.15, 0.2) is 0 Å². The SMILES string of the molecule is CN/C=C(\C=N)Nc1nccc(-c2ccc3c(c2)CCCCC3NC(=O)c2nnc(C(C)(C)C)o2)n1. The third-order valence-corrected chi connectivity index (χ3v) is 5.94. The summed E-state index contributed by atoms with van der Waals surface area (Å²) in [5.74, 6) is 0.473.